The molecule has 94 valence electrons. The van der Waals surface area contributed by atoms with E-state index in [1.165, 1.54) is 6.92 Å². The quantitative estimate of drug-likeness (QED) is 0.355. The fraction of sp³-hybridized carbons (Fsp3) is 0.889. The molecule has 0 spiro atoms. The minimum absolute atomic E-state index is 0.0107. The van der Waals surface area contributed by atoms with Crippen molar-refractivity contribution in [3.05, 3.63) is 0 Å². The van der Waals surface area contributed by atoms with E-state index >= 15 is 0 Å². The highest BCUT2D eigenvalue weighted by Crippen LogP contribution is 2.20. The second-order valence-corrected chi connectivity index (χ2v) is 3.80. The molecule has 1 rings (SSSR count). The van der Waals surface area contributed by atoms with Crippen LogP contribution in [-0.2, 0) is 9.53 Å². The van der Waals surface area contributed by atoms with Gasteiger partial charge in [-0.1, -0.05) is 0 Å². The minimum Gasteiger partial charge on any atom is -0.394 e. The zero-order valence-corrected chi connectivity index (χ0v) is 8.91. The van der Waals surface area contributed by atoms with Crippen molar-refractivity contribution >= 4 is 5.91 Å². The lowest BCUT2D eigenvalue weighted by Gasteiger charge is -2.40. The molecule has 0 saturated carbocycles. The zero-order chi connectivity index (χ0) is 12.3. The average Bonchev–Trinajstić information content (AvgIpc) is 2.25. The Morgan fingerprint density at radius 3 is 2.25 bits per heavy atom. The van der Waals surface area contributed by atoms with E-state index in [1.54, 1.807) is 0 Å². The molecule has 1 heterocycles. The van der Waals surface area contributed by atoms with E-state index in [4.69, 9.17) is 9.84 Å². The number of amides is 1. The van der Waals surface area contributed by atoms with Crippen LogP contribution in [0.25, 0.3) is 0 Å². The van der Waals surface area contributed by atoms with Crippen LogP contribution in [0.2, 0.25) is 0 Å². The number of rotatable bonds is 3. The van der Waals surface area contributed by atoms with E-state index in [9.17, 15) is 20.1 Å². The maximum atomic E-state index is 10.7. The van der Waals surface area contributed by atoms with Crippen molar-refractivity contribution in [2.75, 3.05) is 13.2 Å². The van der Waals surface area contributed by atoms with Gasteiger partial charge in [-0.25, -0.2) is 0 Å². The second-order valence-electron chi connectivity index (χ2n) is 3.80. The van der Waals surface area contributed by atoms with Gasteiger partial charge in [0.05, 0.1) is 6.61 Å². The summed E-state index contributed by atoms with van der Waals surface area (Å²) in [5, 5.41) is 39.8. The number of aliphatic hydroxyl groups excluding tert-OH is 4. The van der Waals surface area contributed by atoms with Crippen LogP contribution in [0, 0.1) is 0 Å². The summed E-state index contributed by atoms with van der Waals surface area (Å²) in [7, 11) is 0. The summed E-state index contributed by atoms with van der Waals surface area (Å²) in [6.07, 6.45) is -5.85. The van der Waals surface area contributed by atoms with Gasteiger partial charge in [0, 0.05) is 13.5 Å². The van der Waals surface area contributed by atoms with Crippen LogP contribution in [0.3, 0.4) is 0 Å². The summed E-state index contributed by atoms with van der Waals surface area (Å²) < 4.78 is 5.16. The van der Waals surface area contributed by atoms with E-state index in [1.807, 2.05) is 0 Å². The zero-order valence-electron chi connectivity index (χ0n) is 8.91. The van der Waals surface area contributed by atoms with E-state index < -0.39 is 37.1 Å². The van der Waals surface area contributed by atoms with Gasteiger partial charge in [-0.2, -0.15) is 0 Å². The van der Waals surface area contributed by atoms with Crippen molar-refractivity contribution in [1.82, 2.24) is 5.32 Å². The third-order valence-electron chi connectivity index (χ3n) is 2.54. The highest BCUT2D eigenvalue weighted by molar-refractivity contribution is 5.72. The molecule has 7 nitrogen and oxygen atoms in total. The van der Waals surface area contributed by atoms with E-state index in [0.717, 1.165) is 0 Å². The Labute approximate surface area is 92.7 Å². The Hall–Kier alpha value is -0.730. The van der Waals surface area contributed by atoms with Crippen LogP contribution in [0.1, 0.15) is 6.92 Å². The molecule has 0 aromatic carbocycles. The normalized spacial score (nSPS) is 39.4. The first-order chi connectivity index (χ1) is 7.47. The van der Waals surface area contributed by atoms with Gasteiger partial charge >= 0.3 is 0 Å². The number of ether oxygens (including phenoxy) is 1. The molecule has 1 amide bonds. The molecule has 16 heavy (non-hydrogen) atoms. The molecule has 0 radical (unpaired) electrons. The van der Waals surface area contributed by atoms with Crippen LogP contribution in [0.5, 0.6) is 0 Å². The highest BCUT2D eigenvalue weighted by atomic mass is 16.5. The van der Waals surface area contributed by atoms with Crippen LogP contribution < -0.4 is 5.32 Å². The van der Waals surface area contributed by atoms with Gasteiger partial charge in [0.15, 0.2) is 0 Å². The standard InChI is InChI=1S/C9H17NO6/c1-4(12)10-2-5-7(13)9(15)8(14)6(3-11)16-5/h5-9,11,13-15H,2-3H2,1H3,(H,10,12)/t5-,6+,7-,8+,9+/m0/s1. The molecular weight excluding hydrogens is 218 g/mol. The van der Waals surface area contributed by atoms with Crippen LogP contribution in [0.15, 0.2) is 0 Å². The monoisotopic (exact) mass is 235 g/mol. The van der Waals surface area contributed by atoms with Crippen molar-refractivity contribution in [1.29, 1.82) is 0 Å². The Morgan fingerprint density at radius 2 is 1.75 bits per heavy atom. The largest absolute Gasteiger partial charge is 0.394 e. The Kier molecular flexibility index (Phi) is 4.63. The number of hydrogen-bond acceptors (Lipinski definition) is 6. The van der Waals surface area contributed by atoms with Gasteiger partial charge < -0.3 is 30.5 Å². The maximum absolute atomic E-state index is 10.7. The van der Waals surface area contributed by atoms with Gasteiger partial charge in [0.25, 0.3) is 0 Å². The lowest BCUT2D eigenvalue weighted by Crippen LogP contribution is -2.60. The summed E-state index contributed by atoms with van der Waals surface area (Å²) in [6.45, 7) is 0.850. The molecule has 1 aliphatic heterocycles. The highest BCUT2D eigenvalue weighted by Gasteiger charge is 2.43. The molecule has 1 saturated heterocycles. The van der Waals surface area contributed by atoms with Gasteiger partial charge in [-0.05, 0) is 0 Å². The van der Waals surface area contributed by atoms with Gasteiger partial charge in [0.2, 0.25) is 5.91 Å². The molecule has 0 aromatic rings. The number of nitrogens with one attached hydrogen (secondary N) is 1. The van der Waals surface area contributed by atoms with Gasteiger partial charge in [-0.3, -0.25) is 4.79 Å². The Morgan fingerprint density at radius 1 is 1.19 bits per heavy atom. The van der Waals surface area contributed by atoms with Crippen LogP contribution in [0.4, 0.5) is 0 Å². The maximum Gasteiger partial charge on any atom is 0.216 e. The summed E-state index contributed by atoms with van der Waals surface area (Å²) in [6, 6.07) is 0. The molecule has 0 aromatic heterocycles. The van der Waals surface area contributed by atoms with Crippen molar-refractivity contribution in [3.8, 4) is 0 Å². The van der Waals surface area contributed by atoms with Crippen molar-refractivity contribution in [2.24, 2.45) is 0 Å². The summed E-state index contributed by atoms with van der Waals surface area (Å²) in [5.41, 5.74) is 0. The molecule has 1 aliphatic rings. The molecule has 5 atom stereocenters. The fourth-order valence-corrected chi connectivity index (χ4v) is 1.59. The molecule has 0 bridgehead atoms. The van der Waals surface area contributed by atoms with Crippen LogP contribution in [-0.4, -0.2) is 70.0 Å². The first-order valence-corrected chi connectivity index (χ1v) is 5.02. The van der Waals surface area contributed by atoms with E-state index in [0.29, 0.717) is 0 Å². The number of carbonyl (C=O) groups excluding carboxylic acids is 1. The average molecular weight is 235 g/mol. The third kappa shape index (κ3) is 2.89. The van der Waals surface area contributed by atoms with E-state index in [-0.39, 0.29) is 12.5 Å². The van der Waals surface area contributed by atoms with E-state index in [2.05, 4.69) is 5.32 Å². The first-order valence-electron chi connectivity index (χ1n) is 5.02. The molecule has 5 N–H and O–H groups in total. The van der Waals surface area contributed by atoms with Crippen molar-refractivity contribution in [3.63, 3.8) is 0 Å². The smallest absolute Gasteiger partial charge is 0.216 e. The topological polar surface area (TPSA) is 119 Å². The number of carbonyl (C=O) groups is 1. The predicted octanol–water partition coefficient (Wildman–Crippen LogP) is -3.04. The lowest BCUT2D eigenvalue weighted by molar-refractivity contribution is -0.227. The first kappa shape index (κ1) is 13.3. The summed E-state index contributed by atoms with van der Waals surface area (Å²) >= 11 is 0. The number of aliphatic hydroxyl groups is 4. The predicted molar refractivity (Wildman–Crippen MR) is 52.5 cm³/mol. The second kappa shape index (κ2) is 5.55. The summed E-state index contributed by atoms with van der Waals surface area (Å²) in [5.74, 6) is -0.294. The lowest BCUT2D eigenvalue weighted by atomic mass is 9.95. The minimum atomic E-state index is -1.40. The Bertz CT molecular complexity index is 246. The number of hydrogen-bond donors (Lipinski definition) is 5. The fourth-order valence-electron chi connectivity index (χ4n) is 1.59. The molecule has 0 unspecified atom stereocenters. The third-order valence-corrected chi connectivity index (χ3v) is 2.54. The van der Waals surface area contributed by atoms with Crippen molar-refractivity contribution in [2.45, 2.75) is 37.4 Å². The molecule has 0 aliphatic carbocycles. The molecule has 1 fully saturated rings. The van der Waals surface area contributed by atoms with Crippen molar-refractivity contribution < 1.29 is 30.0 Å². The summed E-state index contributed by atoms with van der Waals surface area (Å²) in [4.78, 5) is 10.7. The SMILES string of the molecule is CC(=O)NC[C@@H]1O[C@H](CO)[C@@H](O)[C@H](O)[C@H]1O. The molecule has 7 heteroatoms. The van der Waals surface area contributed by atoms with Gasteiger partial charge in [-0.15, -0.1) is 0 Å². The molecular formula is C9H17NO6. The Balaban J connectivity index is 2.60. The van der Waals surface area contributed by atoms with Gasteiger partial charge in [0.1, 0.15) is 30.5 Å². The van der Waals surface area contributed by atoms with Crippen LogP contribution >= 0.6 is 0 Å².